The number of nitrogens with zero attached hydrogens (tertiary/aromatic N) is 2. The molecule has 1 heterocycles. The van der Waals surface area contributed by atoms with Crippen LogP contribution >= 0.6 is 0 Å². The van der Waals surface area contributed by atoms with E-state index >= 15 is 0 Å². The first-order valence-corrected chi connectivity index (χ1v) is 6.66. The smallest absolute Gasteiger partial charge is 0.242 e. The molecule has 4 heteroatoms. The Morgan fingerprint density at radius 3 is 2.63 bits per heavy atom. The van der Waals surface area contributed by atoms with Gasteiger partial charge >= 0.3 is 0 Å². The monoisotopic (exact) mass is 260 g/mol. The topological polar surface area (TPSA) is 45.5 Å². The highest BCUT2D eigenvalue weighted by Gasteiger charge is 2.11. The van der Waals surface area contributed by atoms with Gasteiger partial charge in [-0.1, -0.05) is 6.07 Å². The van der Waals surface area contributed by atoms with Crippen molar-refractivity contribution in [3.63, 3.8) is 0 Å². The highest BCUT2D eigenvalue weighted by molar-refractivity contribution is 5.83. The molecule has 0 atom stereocenters. The lowest BCUT2D eigenvalue weighted by Crippen LogP contribution is -2.33. The van der Waals surface area contributed by atoms with E-state index in [1.54, 1.807) is 0 Å². The van der Waals surface area contributed by atoms with E-state index in [9.17, 15) is 4.79 Å². The molecule has 0 aliphatic heterocycles. The zero-order chi connectivity index (χ0) is 13.8. The Kier molecular flexibility index (Phi) is 4.22. The summed E-state index contributed by atoms with van der Waals surface area (Å²) >= 11 is 0. The molecule has 1 N–H and O–H groups in total. The van der Waals surface area contributed by atoms with Gasteiger partial charge in [0.15, 0.2) is 0 Å². The van der Waals surface area contributed by atoms with Gasteiger partial charge in [0.25, 0.3) is 0 Å². The van der Waals surface area contributed by atoms with Crippen LogP contribution in [-0.2, 0) is 17.9 Å². The number of hydrogen-bond acceptors (Lipinski definition) is 2. The molecule has 0 radical (unpaired) electrons. The van der Waals surface area contributed by atoms with Crippen LogP contribution in [0.25, 0.3) is 10.9 Å². The van der Waals surface area contributed by atoms with Crippen LogP contribution in [0.4, 0.5) is 0 Å². The van der Waals surface area contributed by atoms with Gasteiger partial charge in [0.05, 0.1) is 6.61 Å². The summed E-state index contributed by atoms with van der Waals surface area (Å²) in [5, 5.41) is 10.2. The summed E-state index contributed by atoms with van der Waals surface area (Å²) in [7, 11) is 0. The van der Waals surface area contributed by atoms with Crippen molar-refractivity contribution >= 4 is 16.8 Å². The molecule has 1 aromatic heterocycles. The fourth-order valence-electron chi connectivity index (χ4n) is 2.31. The number of hydrogen-bond donors (Lipinski definition) is 1. The van der Waals surface area contributed by atoms with E-state index < -0.39 is 0 Å². The van der Waals surface area contributed by atoms with Crippen LogP contribution in [-0.4, -0.2) is 33.6 Å². The lowest BCUT2D eigenvalue weighted by atomic mass is 10.2. The van der Waals surface area contributed by atoms with E-state index in [-0.39, 0.29) is 12.5 Å². The van der Waals surface area contributed by atoms with Crippen LogP contribution in [0.1, 0.15) is 19.4 Å². The molecule has 1 aromatic carbocycles. The fraction of sp³-hybridized carbons (Fsp3) is 0.400. The standard InChI is InChI=1S/C15H20N2O2/c1-3-16(4-2)15(19)10-17-8-7-13-9-12(11-18)5-6-14(13)17/h5-9,18H,3-4,10-11H2,1-2H3. The van der Waals surface area contributed by atoms with E-state index in [1.807, 2.05) is 53.8 Å². The predicted molar refractivity (Wildman–Crippen MR) is 75.8 cm³/mol. The molecule has 2 aromatic rings. The molecule has 1 amide bonds. The second kappa shape index (κ2) is 5.89. The number of rotatable bonds is 5. The number of likely N-dealkylation sites (N-methyl/N-ethyl adjacent to an activating group) is 1. The second-order valence-electron chi connectivity index (χ2n) is 4.56. The summed E-state index contributed by atoms with van der Waals surface area (Å²) in [5.41, 5.74) is 1.91. The second-order valence-corrected chi connectivity index (χ2v) is 4.56. The average Bonchev–Trinajstić information content (AvgIpc) is 2.82. The van der Waals surface area contributed by atoms with Crippen molar-refractivity contribution in [2.24, 2.45) is 0 Å². The molecule has 0 aliphatic carbocycles. The number of aliphatic hydroxyl groups excluding tert-OH is 1. The van der Waals surface area contributed by atoms with Crippen molar-refractivity contribution in [3.8, 4) is 0 Å². The third-order valence-corrected chi connectivity index (χ3v) is 3.44. The van der Waals surface area contributed by atoms with Crippen molar-refractivity contribution in [3.05, 3.63) is 36.0 Å². The molecular weight excluding hydrogens is 240 g/mol. The van der Waals surface area contributed by atoms with Gasteiger partial charge in [-0.3, -0.25) is 4.79 Å². The SMILES string of the molecule is CCN(CC)C(=O)Cn1ccc2cc(CO)ccc21. The average molecular weight is 260 g/mol. The first-order valence-electron chi connectivity index (χ1n) is 6.66. The highest BCUT2D eigenvalue weighted by Crippen LogP contribution is 2.18. The molecule has 0 fully saturated rings. The third-order valence-electron chi connectivity index (χ3n) is 3.44. The summed E-state index contributed by atoms with van der Waals surface area (Å²) in [6.45, 7) is 5.86. The van der Waals surface area contributed by atoms with Crippen LogP contribution in [0.15, 0.2) is 30.5 Å². The summed E-state index contributed by atoms with van der Waals surface area (Å²) < 4.78 is 1.96. The Balaban J connectivity index is 2.24. The van der Waals surface area contributed by atoms with Gasteiger partial charge < -0.3 is 14.6 Å². The van der Waals surface area contributed by atoms with Crippen molar-refractivity contribution in [2.75, 3.05) is 13.1 Å². The van der Waals surface area contributed by atoms with E-state index in [0.717, 1.165) is 29.6 Å². The van der Waals surface area contributed by atoms with Crippen LogP contribution in [0.3, 0.4) is 0 Å². The molecule has 4 nitrogen and oxygen atoms in total. The van der Waals surface area contributed by atoms with Crippen molar-refractivity contribution in [1.82, 2.24) is 9.47 Å². The molecule has 0 aliphatic rings. The molecular formula is C15H20N2O2. The van der Waals surface area contributed by atoms with Crippen LogP contribution in [0.5, 0.6) is 0 Å². The Bertz CT molecular complexity index is 571. The summed E-state index contributed by atoms with van der Waals surface area (Å²) in [6.07, 6.45) is 1.92. The molecule has 0 spiro atoms. The largest absolute Gasteiger partial charge is 0.392 e. The van der Waals surface area contributed by atoms with Crippen molar-refractivity contribution in [2.45, 2.75) is 27.0 Å². The van der Waals surface area contributed by atoms with Crippen molar-refractivity contribution in [1.29, 1.82) is 0 Å². The van der Waals surface area contributed by atoms with Gasteiger partial charge in [0.1, 0.15) is 6.54 Å². The van der Waals surface area contributed by atoms with E-state index in [0.29, 0.717) is 6.54 Å². The molecule has 0 bridgehead atoms. The minimum absolute atomic E-state index is 0.0412. The normalized spacial score (nSPS) is 10.9. The lowest BCUT2D eigenvalue weighted by molar-refractivity contribution is -0.131. The number of fused-ring (bicyclic) bond motifs is 1. The van der Waals surface area contributed by atoms with Crippen LogP contribution in [0.2, 0.25) is 0 Å². The molecule has 19 heavy (non-hydrogen) atoms. The van der Waals surface area contributed by atoms with Gasteiger partial charge in [-0.2, -0.15) is 0 Å². The maximum atomic E-state index is 12.1. The highest BCUT2D eigenvalue weighted by atomic mass is 16.3. The summed E-state index contributed by atoms with van der Waals surface area (Å²) in [4.78, 5) is 13.9. The third kappa shape index (κ3) is 2.79. The van der Waals surface area contributed by atoms with E-state index in [2.05, 4.69) is 0 Å². The van der Waals surface area contributed by atoms with Gasteiger partial charge in [0.2, 0.25) is 5.91 Å². The number of amides is 1. The molecule has 2 rings (SSSR count). The maximum Gasteiger partial charge on any atom is 0.242 e. The van der Waals surface area contributed by atoms with Gasteiger partial charge in [-0.15, -0.1) is 0 Å². The number of benzene rings is 1. The van der Waals surface area contributed by atoms with Gasteiger partial charge in [-0.05, 0) is 43.0 Å². The molecule has 102 valence electrons. The van der Waals surface area contributed by atoms with Crippen LogP contribution in [0, 0.1) is 0 Å². The minimum Gasteiger partial charge on any atom is -0.392 e. The van der Waals surface area contributed by atoms with E-state index in [4.69, 9.17) is 5.11 Å². The Morgan fingerprint density at radius 2 is 2.00 bits per heavy atom. The molecule has 0 saturated heterocycles. The van der Waals surface area contributed by atoms with Crippen LogP contribution < -0.4 is 0 Å². The molecule has 0 saturated carbocycles. The number of aromatic nitrogens is 1. The summed E-state index contributed by atoms with van der Waals surface area (Å²) in [5.74, 6) is 0.133. The molecule has 0 unspecified atom stereocenters. The number of aliphatic hydroxyl groups is 1. The predicted octanol–water partition coefficient (Wildman–Crippen LogP) is 2.00. The Hall–Kier alpha value is -1.81. The van der Waals surface area contributed by atoms with E-state index in [1.165, 1.54) is 0 Å². The summed E-state index contributed by atoms with van der Waals surface area (Å²) in [6, 6.07) is 7.77. The number of carbonyl (C=O) groups is 1. The van der Waals surface area contributed by atoms with Gasteiger partial charge in [-0.25, -0.2) is 0 Å². The first kappa shape index (κ1) is 13.6. The fourth-order valence-corrected chi connectivity index (χ4v) is 2.31. The Labute approximate surface area is 113 Å². The van der Waals surface area contributed by atoms with Crippen molar-refractivity contribution < 1.29 is 9.90 Å². The zero-order valence-corrected chi connectivity index (χ0v) is 11.5. The zero-order valence-electron chi connectivity index (χ0n) is 11.5. The first-order chi connectivity index (χ1) is 9.19. The minimum atomic E-state index is 0.0412. The Morgan fingerprint density at radius 1 is 1.26 bits per heavy atom. The lowest BCUT2D eigenvalue weighted by Gasteiger charge is -2.19. The number of carbonyl (C=O) groups excluding carboxylic acids is 1. The quantitative estimate of drug-likeness (QED) is 0.893. The van der Waals surface area contributed by atoms with Gasteiger partial charge in [0, 0.05) is 24.8 Å². The maximum absolute atomic E-state index is 12.1.